The summed E-state index contributed by atoms with van der Waals surface area (Å²) in [7, 11) is 0. The number of hydrogen-bond donors (Lipinski definition) is 2. The van der Waals surface area contributed by atoms with Gasteiger partial charge in [-0.1, -0.05) is 29.8 Å². The Kier molecular flexibility index (Phi) is 6.19. The van der Waals surface area contributed by atoms with Gasteiger partial charge in [0.25, 0.3) is 0 Å². The molecule has 0 fully saturated rings. The van der Waals surface area contributed by atoms with E-state index in [-0.39, 0.29) is 11.9 Å². The third kappa shape index (κ3) is 4.69. The second-order valence-electron chi connectivity index (χ2n) is 4.40. The van der Waals surface area contributed by atoms with Gasteiger partial charge >= 0.3 is 0 Å². The highest BCUT2D eigenvalue weighted by atomic mass is 79.9. The summed E-state index contributed by atoms with van der Waals surface area (Å²) in [5, 5.41) is 6.14. The van der Waals surface area contributed by atoms with E-state index in [4.69, 9.17) is 0 Å². The Labute approximate surface area is 117 Å². The van der Waals surface area contributed by atoms with Gasteiger partial charge in [0, 0.05) is 16.2 Å². The van der Waals surface area contributed by atoms with Gasteiger partial charge in [0.05, 0.1) is 6.54 Å². The second-order valence-corrected chi connectivity index (χ2v) is 5.25. The number of nitrogens with one attached hydrogen (secondary N) is 2. The molecular formula is C14H21BrN2O. The minimum absolute atomic E-state index is 0.0456. The fraction of sp³-hybridized carbons (Fsp3) is 0.500. The van der Waals surface area contributed by atoms with Gasteiger partial charge < -0.3 is 10.6 Å². The number of carbonyl (C=O) groups excluding carboxylic acids is 1. The van der Waals surface area contributed by atoms with E-state index in [1.54, 1.807) is 0 Å². The molecule has 4 heteroatoms. The molecule has 0 heterocycles. The van der Waals surface area contributed by atoms with Crippen molar-refractivity contribution in [3.05, 3.63) is 28.2 Å². The Morgan fingerprint density at radius 3 is 2.56 bits per heavy atom. The van der Waals surface area contributed by atoms with Crippen molar-refractivity contribution in [1.29, 1.82) is 0 Å². The molecule has 1 aromatic rings. The number of aryl methyl sites for hydroxylation is 1. The molecule has 0 saturated heterocycles. The highest BCUT2D eigenvalue weighted by Crippen LogP contribution is 2.19. The number of benzene rings is 1. The lowest BCUT2D eigenvalue weighted by Crippen LogP contribution is -2.37. The van der Waals surface area contributed by atoms with E-state index in [1.807, 2.05) is 25.1 Å². The van der Waals surface area contributed by atoms with Crippen molar-refractivity contribution in [3.8, 4) is 0 Å². The van der Waals surface area contributed by atoms with Gasteiger partial charge in [0.1, 0.15) is 0 Å². The maximum absolute atomic E-state index is 11.7. The van der Waals surface area contributed by atoms with Crippen LogP contribution < -0.4 is 10.6 Å². The van der Waals surface area contributed by atoms with Crippen molar-refractivity contribution >= 4 is 27.5 Å². The standard InChI is InChI=1S/C14H21BrN2O/c1-4-11(5-2)17-14(18)9-16-12-6-7-13(15)10(3)8-12/h6-8,11,16H,4-5,9H2,1-3H3,(H,17,18). The SMILES string of the molecule is CCC(CC)NC(=O)CNc1ccc(Br)c(C)c1. The molecule has 100 valence electrons. The first kappa shape index (κ1) is 15.0. The van der Waals surface area contributed by atoms with Crippen molar-refractivity contribution in [3.63, 3.8) is 0 Å². The fourth-order valence-corrected chi connectivity index (χ4v) is 1.96. The predicted octanol–water partition coefficient (Wildman–Crippen LogP) is 3.47. The molecule has 0 radical (unpaired) electrons. The van der Waals surface area contributed by atoms with E-state index >= 15 is 0 Å². The average Bonchev–Trinajstić information content (AvgIpc) is 2.37. The molecular weight excluding hydrogens is 292 g/mol. The quantitative estimate of drug-likeness (QED) is 0.844. The van der Waals surface area contributed by atoms with E-state index in [2.05, 4.69) is 40.4 Å². The highest BCUT2D eigenvalue weighted by Gasteiger charge is 2.07. The Balaban J connectivity index is 2.44. The van der Waals surface area contributed by atoms with Gasteiger partial charge in [-0.25, -0.2) is 0 Å². The van der Waals surface area contributed by atoms with E-state index in [9.17, 15) is 4.79 Å². The average molecular weight is 313 g/mol. The number of rotatable bonds is 6. The van der Waals surface area contributed by atoms with Crippen LogP contribution in [0.3, 0.4) is 0 Å². The molecule has 3 nitrogen and oxygen atoms in total. The van der Waals surface area contributed by atoms with Crippen LogP contribution in [0.2, 0.25) is 0 Å². The number of halogens is 1. The number of carbonyl (C=O) groups is 1. The minimum Gasteiger partial charge on any atom is -0.376 e. The van der Waals surface area contributed by atoms with Gasteiger partial charge in [-0.05, 0) is 43.5 Å². The van der Waals surface area contributed by atoms with Crippen LogP contribution in [-0.2, 0) is 4.79 Å². The van der Waals surface area contributed by atoms with Crippen molar-refractivity contribution in [2.24, 2.45) is 0 Å². The fourth-order valence-electron chi connectivity index (χ4n) is 1.71. The van der Waals surface area contributed by atoms with Gasteiger partial charge in [-0.3, -0.25) is 4.79 Å². The summed E-state index contributed by atoms with van der Waals surface area (Å²) in [5.74, 6) is 0.0456. The normalized spacial score (nSPS) is 10.5. The zero-order chi connectivity index (χ0) is 13.5. The van der Waals surface area contributed by atoms with Crippen LogP contribution in [0.15, 0.2) is 22.7 Å². The zero-order valence-electron chi connectivity index (χ0n) is 11.2. The number of anilines is 1. The first-order valence-electron chi connectivity index (χ1n) is 6.36. The molecule has 18 heavy (non-hydrogen) atoms. The number of hydrogen-bond acceptors (Lipinski definition) is 2. The lowest BCUT2D eigenvalue weighted by Gasteiger charge is -2.15. The Hall–Kier alpha value is -1.03. The van der Waals surface area contributed by atoms with E-state index in [0.717, 1.165) is 28.6 Å². The summed E-state index contributed by atoms with van der Waals surface area (Å²) in [6.45, 7) is 6.51. The summed E-state index contributed by atoms with van der Waals surface area (Å²) in [6.07, 6.45) is 1.94. The van der Waals surface area contributed by atoms with Gasteiger partial charge in [-0.2, -0.15) is 0 Å². The Morgan fingerprint density at radius 1 is 1.33 bits per heavy atom. The van der Waals surface area contributed by atoms with Crippen molar-refractivity contribution < 1.29 is 4.79 Å². The molecule has 1 aromatic carbocycles. The summed E-state index contributed by atoms with van der Waals surface area (Å²) < 4.78 is 1.08. The van der Waals surface area contributed by atoms with Crippen molar-refractivity contribution in [2.45, 2.75) is 39.7 Å². The Bertz CT molecular complexity index is 403. The highest BCUT2D eigenvalue weighted by molar-refractivity contribution is 9.10. The maximum Gasteiger partial charge on any atom is 0.239 e. The van der Waals surface area contributed by atoms with Crippen molar-refractivity contribution in [1.82, 2.24) is 5.32 Å². The molecule has 1 rings (SSSR count). The monoisotopic (exact) mass is 312 g/mol. The first-order valence-corrected chi connectivity index (χ1v) is 7.15. The molecule has 2 N–H and O–H groups in total. The third-order valence-electron chi connectivity index (χ3n) is 2.96. The van der Waals surface area contributed by atoms with Crippen LogP contribution in [0.5, 0.6) is 0 Å². The van der Waals surface area contributed by atoms with E-state index < -0.39 is 0 Å². The van der Waals surface area contributed by atoms with E-state index in [0.29, 0.717) is 6.54 Å². The predicted molar refractivity (Wildman–Crippen MR) is 79.9 cm³/mol. The van der Waals surface area contributed by atoms with Crippen LogP contribution in [0.1, 0.15) is 32.3 Å². The summed E-state index contributed by atoms with van der Waals surface area (Å²) in [6, 6.07) is 6.25. The topological polar surface area (TPSA) is 41.1 Å². The molecule has 0 spiro atoms. The molecule has 0 aliphatic carbocycles. The van der Waals surface area contributed by atoms with Crippen LogP contribution in [-0.4, -0.2) is 18.5 Å². The molecule has 0 atom stereocenters. The van der Waals surface area contributed by atoms with Crippen molar-refractivity contribution in [2.75, 3.05) is 11.9 Å². The maximum atomic E-state index is 11.7. The van der Waals surface area contributed by atoms with Gasteiger partial charge in [0.15, 0.2) is 0 Å². The minimum atomic E-state index is 0.0456. The summed E-state index contributed by atoms with van der Waals surface area (Å²) >= 11 is 3.45. The summed E-state index contributed by atoms with van der Waals surface area (Å²) in [4.78, 5) is 11.7. The molecule has 0 aliphatic heterocycles. The molecule has 1 amide bonds. The lowest BCUT2D eigenvalue weighted by molar-refractivity contribution is -0.120. The van der Waals surface area contributed by atoms with Crippen LogP contribution >= 0.6 is 15.9 Å². The third-order valence-corrected chi connectivity index (χ3v) is 3.85. The molecule has 0 saturated carbocycles. The molecule has 0 aliphatic rings. The summed E-state index contributed by atoms with van der Waals surface area (Å²) in [5.41, 5.74) is 2.12. The molecule has 0 aromatic heterocycles. The second kappa shape index (κ2) is 7.41. The van der Waals surface area contributed by atoms with Crippen LogP contribution in [0, 0.1) is 6.92 Å². The van der Waals surface area contributed by atoms with E-state index in [1.165, 1.54) is 0 Å². The van der Waals surface area contributed by atoms with Crippen LogP contribution in [0.25, 0.3) is 0 Å². The van der Waals surface area contributed by atoms with Crippen LogP contribution in [0.4, 0.5) is 5.69 Å². The largest absolute Gasteiger partial charge is 0.376 e. The number of amides is 1. The van der Waals surface area contributed by atoms with Gasteiger partial charge in [-0.15, -0.1) is 0 Å². The van der Waals surface area contributed by atoms with Gasteiger partial charge in [0.2, 0.25) is 5.91 Å². The molecule has 0 bridgehead atoms. The molecule has 0 unspecified atom stereocenters. The first-order chi connectivity index (χ1) is 8.56. The Morgan fingerprint density at radius 2 is 2.00 bits per heavy atom. The lowest BCUT2D eigenvalue weighted by atomic mass is 10.2. The zero-order valence-corrected chi connectivity index (χ0v) is 12.8. The smallest absolute Gasteiger partial charge is 0.239 e.